The summed E-state index contributed by atoms with van der Waals surface area (Å²) in [6, 6.07) is 0.0512. The summed E-state index contributed by atoms with van der Waals surface area (Å²) >= 11 is 0. The zero-order chi connectivity index (χ0) is 10.6. The molecule has 1 atom stereocenters. The zero-order valence-corrected chi connectivity index (χ0v) is 9.32. The van der Waals surface area contributed by atoms with E-state index >= 15 is 0 Å². The second kappa shape index (κ2) is 5.10. The second-order valence-electron chi connectivity index (χ2n) is 3.69. The Labute approximate surface area is 85.5 Å². The molecule has 1 rings (SSSR count). The van der Waals surface area contributed by atoms with Crippen molar-refractivity contribution >= 4 is 0 Å². The number of aromatic nitrogens is 3. The Balaban J connectivity index is 2.84. The molecule has 0 fully saturated rings. The lowest BCUT2D eigenvalue weighted by molar-refractivity contribution is 0.612. The van der Waals surface area contributed by atoms with Crippen LogP contribution in [0.25, 0.3) is 0 Å². The molecular weight excluding hydrogens is 176 g/mol. The van der Waals surface area contributed by atoms with Gasteiger partial charge in [0.2, 0.25) is 0 Å². The Morgan fingerprint density at radius 1 is 1.36 bits per heavy atom. The van der Waals surface area contributed by atoms with Crippen LogP contribution in [0, 0.1) is 0 Å². The summed E-state index contributed by atoms with van der Waals surface area (Å²) in [5, 5.41) is 8.17. The van der Waals surface area contributed by atoms with Crippen LogP contribution in [0.1, 0.15) is 50.5 Å². The van der Waals surface area contributed by atoms with E-state index in [1.165, 1.54) is 5.69 Å². The van der Waals surface area contributed by atoms with Gasteiger partial charge >= 0.3 is 0 Å². The summed E-state index contributed by atoms with van der Waals surface area (Å²) in [7, 11) is 1.93. The third-order valence-corrected chi connectivity index (χ3v) is 2.41. The quantitative estimate of drug-likeness (QED) is 0.777. The van der Waals surface area contributed by atoms with Crippen LogP contribution in [-0.2, 0) is 13.5 Å². The highest BCUT2D eigenvalue weighted by atomic mass is 15.4. The van der Waals surface area contributed by atoms with Gasteiger partial charge in [-0.2, -0.15) is 0 Å². The molecule has 1 heterocycles. The monoisotopic (exact) mass is 196 g/mol. The molecule has 0 bridgehead atoms. The van der Waals surface area contributed by atoms with Crippen LogP contribution in [-0.4, -0.2) is 15.0 Å². The minimum absolute atomic E-state index is 0.0512. The standard InChI is InChI=1S/C10H20N4/c1-4-6-8(11)10-9(7-5-2)14(3)13-12-10/h8H,4-7,11H2,1-3H3. The topological polar surface area (TPSA) is 56.7 Å². The molecule has 80 valence electrons. The fourth-order valence-electron chi connectivity index (χ4n) is 1.66. The largest absolute Gasteiger partial charge is 0.323 e. The summed E-state index contributed by atoms with van der Waals surface area (Å²) in [5.74, 6) is 0. The van der Waals surface area contributed by atoms with Gasteiger partial charge in [0.05, 0.1) is 11.7 Å². The van der Waals surface area contributed by atoms with E-state index in [1.807, 2.05) is 11.7 Å². The molecule has 0 amide bonds. The SMILES string of the molecule is CCCc1c(C(N)CCC)nnn1C. The number of nitrogens with zero attached hydrogens (tertiary/aromatic N) is 3. The smallest absolute Gasteiger partial charge is 0.103 e. The molecule has 0 spiro atoms. The van der Waals surface area contributed by atoms with Crippen LogP contribution in [0.15, 0.2) is 0 Å². The average molecular weight is 196 g/mol. The zero-order valence-electron chi connectivity index (χ0n) is 9.32. The number of rotatable bonds is 5. The minimum atomic E-state index is 0.0512. The van der Waals surface area contributed by atoms with Gasteiger partial charge < -0.3 is 5.73 Å². The molecule has 1 aromatic rings. The molecule has 2 N–H and O–H groups in total. The predicted molar refractivity (Wildman–Crippen MR) is 56.8 cm³/mol. The van der Waals surface area contributed by atoms with Crippen LogP contribution in [0.2, 0.25) is 0 Å². The summed E-state index contributed by atoms with van der Waals surface area (Å²) in [5.41, 5.74) is 8.21. The normalized spacial score (nSPS) is 13.1. The maximum absolute atomic E-state index is 6.03. The number of hydrogen-bond donors (Lipinski definition) is 1. The number of hydrogen-bond acceptors (Lipinski definition) is 3. The Bertz CT molecular complexity index is 280. The van der Waals surface area contributed by atoms with Crippen LogP contribution in [0.5, 0.6) is 0 Å². The number of aryl methyl sites for hydroxylation is 1. The molecule has 4 nitrogen and oxygen atoms in total. The molecule has 0 saturated heterocycles. The lowest BCUT2D eigenvalue weighted by Crippen LogP contribution is -2.13. The van der Waals surface area contributed by atoms with E-state index in [0.717, 1.165) is 31.4 Å². The van der Waals surface area contributed by atoms with Crippen molar-refractivity contribution < 1.29 is 0 Å². The molecule has 1 aromatic heterocycles. The van der Waals surface area contributed by atoms with Gasteiger partial charge in [0.15, 0.2) is 0 Å². The minimum Gasteiger partial charge on any atom is -0.323 e. The molecule has 0 aliphatic heterocycles. The van der Waals surface area contributed by atoms with Crippen molar-refractivity contribution in [1.29, 1.82) is 0 Å². The van der Waals surface area contributed by atoms with E-state index in [1.54, 1.807) is 0 Å². The Kier molecular flexibility index (Phi) is 4.07. The highest BCUT2D eigenvalue weighted by molar-refractivity contribution is 5.14. The Hall–Kier alpha value is -0.900. The van der Waals surface area contributed by atoms with Gasteiger partial charge in [-0.3, -0.25) is 4.68 Å². The highest BCUT2D eigenvalue weighted by Gasteiger charge is 2.15. The summed E-state index contributed by atoms with van der Waals surface area (Å²) in [6.45, 7) is 4.29. The molecule has 0 radical (unpaired) electrons. The van der Waals surface area contributed by atoms with Gasteiger partial charge in [0.25, 0.3) is 0 Å². The third-order valence-electron chi connectivity index (χ3n) is 2.41. The first-order chi connectivity index (χ1) is 6.70. The van der Waals surface area contributed by atoms with Gasteiger partial charge in [-0.05, 0) is 12.8 Å². The molecule has 14 heavy (non-hydrogen) atoms. The van der Waals surface area contributed by atoms with E-state index in [4.69, 9.17) is 5.73 Å². The van der Waals surface area contributed by atoms with Crippen molar-refractivity contribution in [2.75, 3.05) is 0 Å². The summed E-state index contributed by atoms with van der Waals surface area (Å²) in [6.07, 6.45) is 4.18. The molecule has 0 aliphatic rings. The van der Waals surface area contributed by atoms with Gasteiger partial charge in [-0.15, -0.1) is 5.10 Å². The average Bonchev–Trinajstić information content (AvgIpc) is 2.50. The Morgan fingerprint density at radius 3 is 2.64 bits per heavy atom. The van der Waals surface area contributed by atoms with Gasteiger partial charge in [0, 0.05) is 7.05 Å². The highest BCUT2D eigenvalue weighted by Crippen LogP contribution is 2.18. The third kappa shape index (κ3) is 2.32. The van der Waals surface area contributed by atoms with Crippen molar-refractivity contribution in [3.05, 3.63) is 11.4 Å². The van der Waals surface area contributed by atoms with E-state index in [2.05, 4.69) is 24.2 Å². The van der Waals surface area contributed by atoms with E-state index < -0.39 is 0 Å². The van der Waals surface area contributed by atoms with Crippen molar-refractivity contribution in [3.8, 4) is 0 Å². The molecule has 4 heteroatoms. The predicted octanol–water partition coefficient (Wildman–Crippen LogP) is 1.57. The molecule has 0 saturated carbocycles. The first-order valence-corrected chi connectivity index (χ1v) is 5.34. The second-order valence-corrected chi connectivity index (χ2v) is 3.69. The first kappa shape index (κ1) is 11.2. The van der Waals surface area contributed by atoms with E-state index in [9.17, 15) is 0 Å². The fraction of sp³-hybridized carbons (Fsp3) is 0.800. The Morgan fingerprint density at radius 2 is 2.07 bits per heavy atom. The van der Waals surface area contributed by atoms with Crippen LogP contribution in [0.4, 0.5) is 0 Å². The van der Waals surface area contributed by atoms with Crippen LogP contribution >= 0.6 is 0 Å². The molecule has 1 unspecified atom stereocenters. The molecule has 0 aliphatic carbocycles. The van der Waals surface area contributed by atoms with E-state index in [-0.39, 0.29) is 6.04 Å². The first-order valence-electron chi connectivity index (χ1n) is 5.34. The summed E-state index contributed by atoms with van der Waals surface area (Å²) in [4.78, 5) is 0. The fourth-order valence-corrected chi connectivity index (χ4v) is 1.66. The number of nitrogens with two attached hydrogens (primary N) is 1. The maximum Gasteiger partial charge on any atom is 0.103 e. The lowest BCUT2D eigenvalue weighted by Gasteiger charge is -2.09. The maximum atomic E-state index is 6.03. The van der Waals surface area contributed by atoms with Gasteiger partial charge in [-0.25, -0.2) is 0 Å². The van der Waals surface area contributed by atoms with Crippen molar-refractivity contribution in [1.82, 2.24) is 15.0 Å². The van der Waals surface area contributed by atoms with E-state index in [0.29, 0.717) is 0 Å². The molecule has 0 aromatic carbocycles. The summed E-state index contributed by atoms with van der Waals surface area (Å²) < 4.78 is 1.84. The van der Waals surface area contributed by atoms with Gasteiger partial charge in [-0.1, -0.05) is 31.9 Å². The van der Waals surface area contributed by atoms with Crippen molar-refractivity contribution in [2.45, 2.75) is 45.6 Å². The van der Waals surface area contributed by atoms with Crippen molar-refractivity contribution in [2.24, 2.45) is 12.8 Å². The van der Waals surface area contributed by atoms with Crippen molar-refractivity contribution in [3.63, 3.8) is 0 Å². The van der Waals surface area contributed by atoms with Gasteiger partial charge in [0.1, 0.15) is 5.69 Å². The van der Waals surface area contributed by atoms with Crippen LogP contribution in [0.3, 0.4) is 0 Å². The molecular formula is C10H20N4. The van der Waals surface area contributed by atoms with Crippen LogP contribution < -0.4 is 5.73 Å². The lowest BCUT2D eigenvalue weighted by atomic mass is 10.1.